The fraction of sp³-hybridized carbons (Fsp3) is 0.143. The quantitative estimate of drug-likeness (QED) is 0.461. The van der Waals surface area contributed by atoms with Crippen LogP contribution in [0.25, 0.3) is 6.08 Å². The number of nitrogens with zero attached hydrogens (tertiary/aromatic N) is 2. The fourth-order valence-corrected chi connectivity index (χ4v) is 4.13. The van der Waals surface area contributed by atoms with Crippen LogP contribution in [0.5, 0.6) is 5.75 Å². The molecule has 0 radical (unpaired) electrons. The summed E-state index contributed by atoms with van der Waals surface area (Å²) in [7, 11) is -2.20. The Hall–Kier alpha value is -3.63. The molecule has 1 aromatic heterocycles. The molecule has 31 heavy (non-hydrogen) atoms. The van der Waals surface area contributed by atoms with E-state index in [-0.39, 0.29) is 22.9 Å². The smallest absolute Gasteiger partial charge is 0.243 e. The van der Waals surface area contributed by atoms with Gasteiger partial charge in [-0.15, -0.1) is 0 Å². The summed E-state index contributed by atoms with van der Waals surface area (Å²) in [4.78, 5) is 8.56. The Kier molecular flexibility index (Phi) is 5.49. The molecule has 0 fully saturated rings. The molecule has 0 saturated heterocycles. The van der Waals surface area contributed by atoms with E-state index in [1.54, 1.807) is 36.5 Å². The van der Waals surface area contributed by atoms with E-state index in [0.29, 0.717) is 17.3 Å². The van der Waals surface area contributed by atoms with E-state index in [4.69, 9.17) is 9.88 Å². The Labute approximate surface area is 180 Å². The van der Waals surface area contributed by atoms with Crippen LogP contribution in [0.4, 0.5) is 28.8 Å². The molecule has 1 aliphatic rings. The highest BCUT2D eigenvalue weighted by atomic mass is 32.2. The summed E-state index contributed by atoms with van der Waals surface area (Å²) in [6.07, 6.45) is 5.17. The lowest BCUT2D eigenvalue weighted by Gasteiger charge is -2.19. The number of primary sulfonamides is 1. The lowest BCUT2D eigenvalue weighted by atomic mass is 10.1. The van der Waals surface area contributed by atoms with Gasteiger partial charge in [0, 0.05) is 30.2 Å². The minimum Gasteiger partial charge on any atom is -0.487 e. The summed E-state index contributed by atoms with van der Waals surface area (Å²) in [6, 6.07) is 10.9. The van der Waals surface area contributed by atoms with Crippen molar-refractivity contribution in [3.63, 3.8) is 0 Å². The molecule has 0 aliphatic carbocycles. The lowest BCUT2D eigenvalue weighted by molar-refractivity contribution is 0.349. The van der Waals surface area contributed by atoms with Crippen molar-refractivity contribution in [2.45, 2.75) is 11.8 Å². The number of benzene rings is 2. The first-order valence-corrected chi connectivity index (χ1v) is 11.0. The minimum atomic E-state index is -4.05. The second-order valence-corrected chi connectivity index (χ2v) is 8.41. The number of aromatic nitrogens is 2. The van der Waals surface area contributed by atoms with Crippen molar-refractivity contribution in [2.24, 2.45) is 5.14 Å². The number of nitrogens with one attached hydrogen (secondary N) is 3. The average Bonchev–Trinajstić information content (AvgIpc) is 2.74. The summed E-state index contributed by atoms with van der Waals surface area (Å²) < 4.78 is 30.1. The number of rotatable bonds is 6. The highest BCUT2D eigenvalue weighted by Gasteiger charge is 2.24. The van der Waals surface area contributed by atoms with Crippen molar-refractivity contribution in [2.75, 3.05) is 29.6 Å². The Morgan fingerprint density at radius 1 is 1.10 bits per heavy atom. The van der Waals surface area contributed by atoms with E-state index in [9.17, 15) is 8.42 Å². The second-order valence-electron chi connectivity index (χ2n) is 6.91. The molecule has 0 unspecified atom stereocenters. The normalized spacial score (nSPS) is 12.6. The Morgan fingerprint density at radius 2 is 1.94 bits per heavy atom. The van der Waals surface area contributed by atoms with E-state index in [0.717, 1.165) is 16.9 Å². The van der Waals surface area contributed by atoms with Crippen molar-refractivity contribution >= 4 is 44.9 Å². The molecule has 0 saturated carbocycles. The van der Waals surface area contributed by atoms with Gasteiger partial charge >= 0.3 is 0 Å². The van der Waals surface area contributed by atoms with Gasteiger partial charge in [0.15, 0.2) is 0 Å². The minimum absolute atomic E-state index is 0.111. The summed E-state index contributed by atoms with van der Waals surface area (Å²) in [6.45, 7) is 2.28. The summed E-state index contributed by atoms with van der Waals surface area (Å²) in [5.41, 5.74) is 3.83. The Balaban J connectivity index is 1.65. The Morgan fingerprint density at radius 3 is 2.71 bits per heavy atom. The van der Waals surface area contributed by atoms with E-state index < -0.39 is 10.0 Å². The first-order valence-electron chi connectivity index (χ1n) is 9.50. The van der Waals surface area contributed by atoms with Gasteiger partial charge in [-0.3, -0.25) is 0 Å². The van der Waals surface area contributed by atoms with Crippen LogP contribution in [-0.2, 0) is 10.0 Å². The van der Waals surface area contributed by atoms with Gasteiger partial charge in [-0.1, -0.05) is 12.1 Å². The van der Waals surface area contributed by atoms with Crippen LogP contribution in [0.1, 0.15) is 11.1 Å². The number of fused-ring (bicyclic) bond motifs is 1. The van der Waals surface area contributed by atoms with Crippen LogP contribution in [0.3, 0.4) is 0 Å². The van der Waals surface area contributed by atoms with Gasteiger partial charge in [0.1, 0.15) is 23.1 Å². The maximum Gasteiger partial charge on any atom is 0.243 e. The first-order chi connectivity index (χ1) is 14.8. The molecule has 5 N–H and O–H groups in total. The highest BCUT2D eigenvalue weighted by molar-refractivity contribution is 7.89. The predicted octanol–water partition coefficient (Wildman–Crippen LogP) is 3.37. The van der Waals surface area contributed by atoms with Crippen molar-refractivity contribution in [1.82, 2.24) is 9.97 Å². The van der Waals surface area contributed by atoms with Crippen molar-refractivity contribution < 1.29 is 13.2 Å². The zero-order chi connectivity index (χ0) is 22.0. The van der Waals surface area contributed by atoms with Crippen LogP contribution >= 0.6 is 0 Å². The topological polar surface area (TPSA) is 131 Å². The van der Waals surface area contributed by atoms with Crippen molar-refractivity contribution in [1.29, 1.82) is 0 Å². The molecule has 2 aromatic carbocycles. The van der Waals surface area contributed by atoms with E-state index in [2.05, 4.69) is 25.9 Å². The fourth-order valence-electron chi connectivity index (χ4n) is 3.27. The van der Waals surface area contributed by atoms with Gasteiger partial charge < -0.3 is 20.7 Å². The highest BCUT2D eigenvalue weighted by Crippen LogP contribution is 2.37. The number of aryl methyl sites for hydroxylation is 1. The van der Waals surface area contributed by atoms with Gasteiger partial charge in [-0.2, -0.15) is 4.98 Å². The zero-order valence-corrected chi connectivity index (χ0v) is 17.8. The van der Waals surface area contributed by atoms with Gasteiger partial charge in [0.25, 0.3) is 0 Å². The molecule has 160 valence electrons. The SMILES string of the molecule is CNc1cc(Nc2nccc(Nc3ccc4c(c3S(N)(=O)=O)OCC=C4)n2)ccc1C. The summed E-state index contributed by atoms with van der Waals surface area (Å²) in [5.74, 6) is 0.974. The summed E-state index contributed by atoms with van der Waals surface area (Å²) in [5, 5.41) is 14.8. The van der Waals surface area contributed by atoms with E-state index in [1.165, 1.54) is 0 Å². The van der Waals surface area contributed by atoms with Crippen LogP contribution < -0.4 is 25.8 Å². The molecule has 3 aromatic rings. The standard InChI is InChI=1S/C21H22N6O3S/c1-13-5-7-15(12-17(13)23-2)25-21-24-10-9-18(27-21)26-16-8-6-14-4-3-11-30-19(14)20(16)31(22,28)29/h3-10,12,23H,11H2,1-2H3,(H2,22,28,29)(H2,24,25,26,27). The van der Waals surface area contributed by atoms with Gasteiger partial charge in [0.05, 0.1) is 5.69 Å². The molecular weight excluding hydrogens is 416 g/mol. The van der Waals surface area contributed by atoms with Crippen LogP contribution in [0.15, 0.2) is 53.6 Å². The molecular formula is C21H22N6O3S. The van der Waals surface area contributed by atoms with Crippen LogP contribution in [0.2, 0.25) is 0 Å². The number of ether oxygens (including phenoxy) is 1. The van der Waals surface area contributed by atoms with Crippen LogP contribution in [-0.4, -0.2) is 32.0 Å². The number of hydrogen-bond donors (Lipinski definition) is 4. The van der Waals surface area contributed by atoms with Crippen molar-refractivity contribution in [3.8, 4) is 5.75 Å². The number of hydrogen-bond acceptors (Lipinski definition) is 8. The lowest BCUT2D eigenvalue weighted by Crippen LogP contribution is -2.17. The third kappa shape index (κ3) is 4.44. The maximum atomic E-state index is 12.3. The molecule has 0 bridgehead atoms. The number of nitrogens with two attached hydrogens (primary N) is 1. The van der Waals surface area contributed by atoms with Gasteiger partial charge in [-0.05, 0) is 48.9 Å². The molecule has 4 rings (SSSR count). The Bertz CT molecular complexity index is 1270. The monoisotopic (exact) mass is 438 g/mol. The predicted molar refractivity (Wildman–Crippen MR) is 122 cm³/mol. The molecule has 0 spiro atoms. The van der Waals surface area contributed by atoms with E-state index >= 15 is 0 Å². The summed E-state index contributed by atoms with van der Waals surface area (Å²) >= 11 is 0. The van der Waals surface area contributed by atoms with Gasteiger partial charge in [0.2, 0.25) is 16.0 Å². The molecule has 9 nitrogen and oxygen atoms in total. The number of sulfonamides is 1. The van der Waals surface area contributed by atoms with Crippen molar-refractivity contribution in [3.05, 3.63) is 59.8 Å². The third-order valence-corrected chi connectivity index (χ3v) is 5.70. The molecule has 0 amide bonds. The molecule has 2 heterocycles. The molecule has 1 aliphatic heterocycles. The average molecular weight is 439 g/mol. The third-order valence-electron chi connectivity index (χ3n) is 4.73. The molecule has 10 heteroatoms. The maximum absolute atomic E-state index is 12.3. The largest absolute Gasteiger partial charge is 0.487 e. The first kappa shape index (κ1) is 20.6. The number of anilines is 5. The second kappa shape index (κ2) is 8.25. The zero-order valence-electron chi connectivity index (χ0n) is 17.0. The van der Waals surface area contributed by atoms with E-state index in [1.807, 2.05) is 32.2 Å². The van der Waals surface area contributed by atoms with Crippen LogP contribution in [0, 0.1) is 6.92 Å². The molecule has 0 atom stereocenters. The van der Waals surface area contributed by atoms with Gasteiger partial charge in [-0.25, -0.2) is 18.5 Å².